The van der Waals surface area contributed by atoms with Crippen molar-refractivity contribution in [3.8, 4) is 11.5 Å². The highest BCUT2D eigenvalue weighted by atomic mass is 19.1. The number of fused-ring (bicyclic) bond motifs is 2. The van der Waals surface area contributed by atoms with E-state index in [1.807, 2.05) is 88.4 Å². The summed E-state index contributed by atoms with van der Waals surface area (Å²) >= 11 is 0. The minimum atomic E-state index is -0.704. The molecule has 8 heteroatoms. The molecule has 1 heterocycles. The van der Waals surface area contributed by atoms with Gasteiger partial charge in [-0.25, -0.2) is 14.0 Å². The predicted molar refractivity (Wildman–Crippen MR) is 167 cm³/mol. The number of hydrogen-bond acceptors (Lipinski definition) is 6. The first-order valence-corrected chi connectivity index (χ1v) is 14.8. The van der Waals surface area contributed by atoms with Gasteiger partial charge in [-0.15, -0.1) is 0 Å². The number of benzene rings is 4. The van der Waals surface area contributed by atoms with Gasteiger partial charge in [0.1, 0.15) is 17.5 Å². The van der Waals surface area contributed by atoms with Gasteiger partial charge in [-0.05, 0) is 68.1 Å². The van der Waals surface area contributed by atoms with Gasteiger partial charge in [0.05, 0.1) is 19.7 Å². The number of rotatable bonds is 8. The molecule has 1 aliphatic heterocycles. The van der Waals surface area contributed by atoms with E-state index in [0.29, 0.717) is 17.7 Å². The molecule has 0 N–H and O–H groups in total. The van der Waals surface area contributed by atoms with Crippen LogP contribution in [0.5, 0.6) is 11.5 Å². The molecule has 4 aromatic rings. The highest BCUT2D eigenvalue weighted by molar-refractivity contribution is 5.86. The summed E-state index contributed by atoms with van der Waals surface area (Å²) in [6, 6.07) is 26.2. The Hall–Kier alpha value is -4.59. The van der Waals surface area contributed by atoms with Gasteiger partial charge in [-0.1, -0.05) is 72.8 Å². The summed E-state index contributed by atoms with van der Waals surface area (Å²) in [5, 5.41) is 2.13. The van der Waals surface area contributed by atoms with Crippen molar-refractivity contribution >= 4 is 22.8 Å². The van der Waals surface area contributed by atoms with Crippen LogP contribution in [-0.2, 0) is 14.3 Å². The number of para-hydroxylation sites is 1. The molecule has 3 atom stereocenters. The van der Waals surface area contributed by atoms with Crippen LogP contribution >= 0.6 is 0 Å². The van der Waals surface area contributed by atoms with Crippen molar-refractivity contribution in [1.82, 2.24) is 4.90 Å². The molecule has 5 rings (SSSR count). The lowest BCUT2D eigenvalue weighted by Gasteiger charge is -2.38. The third kappa shape index (κ3) is 6.80. The van der Waals surface area contributed by atoms with Gasteiger partial charge < -0.3 is 18.9 Å². The molecule has 0 aliphatic carbocycles. The Morgan fingerprint density at radius 2 is 1.64 bits per heavy atom. The normalized spacial score (nSPS) is 16.8. The monoisotopic (exact) mass is 599 g/mol. The lowest BCUT2D eigenvalue weighted by atomic mass is 9.83. The molecule has 4 aromatic carbocycles. The predicted octanol–water partition coefficient (Wildman–Crippen LogP) is 7.81. The Balaban J connectivity index is 1.49. The molecule has 44 heavy (non-hydrogen) atoms. The third-order valence-corrected chi connectivity index (χ3v) is 7.80. The molecular weight excluding hydrogens is 561 g/mol. The van der Waals surface area contributed by atoms with Crippen molar-refractivity contribution in [2.45, 2.75) is 57.8 Å². The van der Waals surface area contributed by atoms with E-state index in [1.165, 1.54) is 13.2 Å². The van der Waals surface area contributed by atoms with Crippen molar-refractivity contribution in [3.63, 3.8) is 0 Å². The van der Waals surface area contributed by atoms with Gasteiger partial charge in [-0.2, -0.15) is 0 Å². The van der Waals surface area contributed by atoms with Crippen molar-refractivity contribution < 1.29 is 32.9 Å². The number of ether oxygens (including phenoxy) is 4. The average molecular weight is 600 g/mol. The van der Waals surface area contributed by atoms with Gasteiger partial charge in [0.25, 0.3) is 0 Å². The molecule has 0 spiro atoms. The summed E-state index contributed by atoms with van der Waals surface area (Å²) in [5.41, 5.74) is 1.53. The zero-order valence-electron chi connectivity index (χ0n) is 25.7. The van der Waals surface area contributed by atoms with Crippen LogP contribution in [0.15, 0.2) is 84.9 Å². The summed E-state index contributed by atoms with van der Waals surface area (Å²) in [6.07, 6.45) is -0.532. The molecule has 7 nitrogen and oxygen atoms in total. The Morgan fingerprint density at radius 3 is 2.41 bits per heavy atom. The van der Waals surface area contributed by atoms with Crippen molar-refractivity contribution in [2.24, 2.45) is 0 Å². The van der Waals surface area contributed by atoms with Gasteiger partial charge in [-0.3, -0.25) is 4.90 Å². The van der Waals surface area contributed by atoms with Crippen LogP contribution in [0.2, 0.25) is 0 Å². The molecule has 230 valence electrons. The van der Waals surface area contributed by atoms with E-state index in [1.54, 1.807) is 17.0 Å². The maximum Gasteiger partial charge on any atom is 0.410 e. The Labute approximate surface area is 257 Å². The molecule has 0 saturated carbocycles. The number of esters is 1. The first-order chi connectivity index (χ1) is 21.1. The number of methoxy groups -OCH3 is 1. The first kappa shape index (κ1) is 30.9. The van der Waals surface area contributed by atoms with Crippen LogP contribution in [-0.4, -0.2) is 48.9 Å². The van der Waals surface area contributed by atoms with E-state index in [9.17, 15) is 9.59 Å². The van der Waals surface area contributed by atoms with Gasteiger partial charge in [0.15, 0.2) is 18.2 Å². The molecule has 3 unspecified atom stereocenters. The van der Waals surface area contributed by atoms with Crippen LogP contribution in [0, 0.1) is 5.82 Å². The zero-order valence-corrected chi connectivity index (χ0v) is 25.7. The summed E-state index contributed by atoms with van der Waals surface area (Å²) in [6.45, 7) is 7.32. The molecule has 0 aromatic heterocycles. The maximum atomic E-state index is 15.9. The van der Waals surface area contributed by atoms with Gasteiger partial charge in [0, 0.05) is 11.5 Å². The highest BCUT2D eigenvalue weighted by Gasteiger charge is 2.36. The summed E-state index contributed by atoms with van der Waals surface area (Å²) in [4.78, 5) is 27.1. The van der Waals surface area contributed by atoms with E-state index < -0.39 is 36.2 Å². The van der Waals surface area contributed by atoms with Gasteiger partial charge >= 0.3 is 12.1 Å². The van der Waals surface area contributed by atoms with Crippen LogP contribution in [0.4, 0.5) is 9.18 Å². The van der Waals surface area contributed by atoms with Crippen LogP contribution in [0.1, 0.15) is 62.8 Å². The minimum Gasteiger partial charge on any atom is -0.488 e. The van der Waals surface area contributed by atoms with E-state index >= 15 is 4.39 Å². The smallest absolute Gasteiger partial charge is 0.410 e. The average Bonchev–Trinajstić information content (AvgIpc) is 3.01. The second-order valence-corrected chi connectivity index (χ2v) is 12.0. The standard InChI is InChI=1S/C36H38FNO6/c1-23(26-16-10-13-24-12-6-7-14-27(24)26)38(35(40)44-36(2,3)4)21-25-20-30(28-15-8-9-18-31(28)43-25)29-17-11-19-32(34(29)37)42-22-33(39)41-5/h6-19,23,25,30H,20-22H2,1-5H3. The summed E-state index contributed by atoms with van der Waals surface area (Å²) in [5.74, 6) is -0.955. The number of carbonyl (C=O) groups is 2. The lowest BCUT2D eigenvalue weighted by Crippen LogP contribution is -2.45. The van der Waals surface area contributed by atoms with Crippen molar-refractivity contribution in [3.05, 3.63) is 107 Å². The van der Waals surface area contributed by atoms with E-state index in [0.717, 1.165) is 21.9 Å². The molecular formula is C36H38FNO6. The first-order valence-electron chi connectivity index (χ1n) is 14.8. The van der Waals surface area contributed by atoms with Crippen LogP contribution in [0.3, 0.4) is 0 Å². The number of amides is 1. The molecule has 0 radical (unpaired) electrons. The van der Waals surface area contributed by atoms with Crippen molar-refractivity contribution in [1.29, 1.82) is 0 Å². The van der Waals surface area contributed by atoms with Crippen LogP contribution in [0.25, 0.3) is 10.8 Å². The second-order valence-electron chi connectivity index (χ2n) is 12.0. The van der Waals surface area contributed by atoms with E-state index in [2.05, 4.69) is 10.8 Å². The maximum absolute atomic E-state index is 15.9. The highest BCUT2D eigenvalue weighted by Crippen LogP contribution is 2.43. The van der Waals surface area contributed by atoms with Crippen molar-refractivity contribution in [2.75, 3.05) is 20.3 Å². The van der Waals surface area contributed by atoms with E-state index in [4.69, 9.17) is 14.2 Å². The Kier molecular flexibility index (Phi) is 9.09. The van der Waals surface area contributed by atoms with Gasteiger partial charge in [0.2, 0.25) is 0 Å². The minimum absolute atomic E-state index is 0.0339. The summed E-state index contributed by atoms with van der Waals surface area (Å²) in [7, 11) is 1.25. The number of nitrogens with zero attached hydrogens (tertiary/aromatic N) is 1. The molecule has 0 bridgehead atoms. The second kappa shape index (κ2) is 13.0. The quantitative estimate of drug-likeness (QED) is 0.192. The number of hydrogen-bond donors (Lipinski definition) is 0. The number of halogens is 1. The zero-order chi connectivity index (χ0) is 31.4. The fraction of sp³-hybridized carbons (Fsp3) is 0.333. The SMILES string of the molecule is COC(=O)COc1cccc(C2CC(CN(C(=O)OC(C)(C)C)C(C)c3cccc4ccccc34)Oc3ccccc32)c1F. The van der Waals surface area contributed by atoms with Crippen LogP contribution < -0.4 is 9.47 Å². The Bertz CT molecular complexity index is 1640. The number of carbonyl (C=O) groups excluding carboxylic acids is 2. The molecule has 0 saturated heterocycles. The third-order valence-electron chi connectivity index (χ3n) is 7.80. The molecule has 1 amide bonds. The Morgan fingerprint density at radius 1 is 0.955 bits per heavy atom. The molecule has 0 fully saturated rings. The fourth-order valence-corrected chi connectivity index (χ4v) is 5.72. The fourth-order valence-electron chi connectivity index (χ4n) is 5.72. The van der Waals surface area contributed by atoms with E-state index in [-0.39, 0.29) is 24.3 Å². The summed E-state index contributed by atoms with van der Waals surface area (Å²) < 4.78 is 38.3. The molecule has 1 aliphatic rings. The largest absolute Gasteiger partial charge is 0.488 e. The lowest BCUT2D eigenvalue weighted by molar-refractivity contribution is -0.142. The topological polar surface area (TPSA) is 74.3 Å².